The zero-order valence-corrected chi connectivity index (χ0v) is 16.0. The summed E-state index contributed by atoms with van der Waals surface area (Å²) in [5, 5.41) is 21.3. The van der Waals surface area contributed by atoms with Gasteiger partial charge in [0.15, 0.2) is 23.5 Å². The van der Waals surface area contributed by atoms with Crippen molar-refractivity contribution in [3.8, 4) is 0 Å². The Hall–Kier alpha value is -1.75. The molecule has 3 fully saturated rings. The van der Waals surface area contributed by atoms with Crippen LogP contribution in [-0.4, -0.2) is 34.1 Å². The number of aliphatic hydroxyl groups is 2. The molecular formula is C22H27FO4. The first-order valence-electron chi connectivity index (χ1n) is 9.79. The summed E-state index contributed by atoms with van der Waals surface area (Å²) in [7, 11) is 0. The monoisotopic (exact) mass is 374 g/mol. The molecule has 2 N–H and O–H groups in total. The minimum Gasteiger partial charge on any atom is -0.505 e. The molecule has 4 rings (SSSR count). The summed E-state index contributed by atoms with van der Waals surface area (Å²) in [5.41, 5.74) is -2.06. The number of alkyl halides is 1. The Morgan fingerprint density at radius 3 is 2.70 bits per heavy atom. The lowest BCUT2D eigenvalue weighted by atomic mass is 9.45. The topological polar surface area (TPSA) is 74.6 Å². The minimum atomic E-state index is -1.87. The summed E-state index contributed by atoms with van der Waals surface area (Å²) in [6.45, 7) is 5.70. The predicted octanol–water partition coefficient (Wildman–Crippen LogP) is 3.61. The van der Waals surface area contributed by atoms with Crippen LogP contribution in [0.3, 0.4) is 0 Å². The fourth-order valence-corrected chi connectivity index (χ4v) is 6.97. The lowest BCUT2D eigenvalue weighted by Crippen LogP contribution is -2.66. The number of aldehydes is 1. The first-order valence-corrected chi connectivity index (χ1v) is 9.79. The van der Waals surface area contributed by atoms with Gasteiger partial charge in [0, 0.05) is 11.3 Å². The molecule has 0 aromatic heterocycles. The molecule has 5 heteroatoms. The van der Waals surface area contributed by atoms with E-state index < -0.39 is 28.5 Å². The molecule has 0 aromatic rings. The van der Waals surface area contributed by atoms with E-state index >= 15 is 4.39 Å². The maximum absolute atomic E-state index is 16.8. The van der Waals surface area contributed by atoms with Crippen LogP contribution in [0.2, 0.25) is 0 Å². The number of carbonyl (C=O) groups is 2. The maximum atomic E-state index is 16.8. The molecule has 0 unspecified atom stereocenters. The largest absolute Gasteiger partial charge is 0.505 e. The van der Waals surface area contributed by atoms with Crippen LogP contribution in [0.5, 0.6) is 0 Å². The molecule has 4 nitrogen and oxygen atoms in total. The summed E-state index contributed by atoms with van der Waals surface area (Å²) in [4.78, 5) is 23.1. The molecule has 0 aromatic carbocycles. The number of carbonyl (C=O) groups excluding carboxylic acids is 2. The van der Waals surface area contributed by atoms with Crippen LogP contribution in [0.15, 0.2) is 35.1 Å². The third kappa shape index (κ3) is 2.12. The number of ketones is 1. The van der Waals surface area contributed by atoms with E-state index in [4.69, 9.17) is 0 Å². The lowest BCUT2D eigenvalue weighted by Gasteiger charge is -2.61. The molecule has 0 radical (unpaired) electrons. The SMILES string of the molecule is C[C@H]1C[C@H]2[C@H]3CCC4=CC(=O)C=C[C@]4(C)[C@@]3(F)[C@@H](O)C[C@]2(C)/C1=C(\O)C=O. The molecular weight excluding hydrogens is 347 g/mol. The van der Waals surface area contributed by atoms with Gasteiger partial charge in [0.25, 0.3) is 0 Å². The van der Waals surface area contributed by atoms with Crippen LogP contribution >= 0.6 is 0 Å². The molecule has 0 aliphatic heterocycles. The first kappa shape index (κ1) is 18.6. The Bertz CT molecular complexity index is 811. The van der Waals surface area contributed by atoms with Crippen molar-refractivity contribution >= 4 is 12.1 Å². The second-order valence-corrected chi connectivity index (χ2v) is 9.32. The second-order valence-electron chi connectivity index (χ2n) is 9.32. The van der Waals surface area contributed by atoms with E-state index in [-0.39, 0.29) is 29.8 Å². The molecule has 4 aliphatic carbocycles. The number of aliphatic hydroxyl groups excluding tert-OH is 2. The van der Waals surface area contributed by atoms with E-state index in [1.165, 1.54) is 12.2 Å². The van der Waals surface area contributed by atoms with Gasteiger partial charge in [-0.1, -0.05) is 25.5 Å². The summed E-state index contributed by atoms with van der Waals surface area (Å²) in [6.07, 6.45) is 5.82. The highest BCUT2D eigenvalue weighted by Crippen LogP contribution is 2.69. The molecule has 4 aliphatic rings. The van der Waals surface area contributed by atoms with Gasteiger partial charge in [-0.3, -0.25) is 9.59 Å². The van der Waals surface area contributed by atoms with Gasteiger partial charge in [-0.15, -0.1) is 0 Å². The van der Waals surface area contributed by atoms with Gasteiger partial charge in [0.1, 0.15) is 0 Å². The first-order chi connectivity index (χ1) is 12.6. The highest BCUT2D eigenvalue weighted by atomic mass is 19.1. The summed E-state index contributed by atoms with van der Waals surface area (Å²) >= 11 is 0. The van der Waals surface area contributed by atoms with E-state index in [9.17, 15) is 19.8 Å². The number of rotatable bonds is 1. The normalized spacial score (nSPS) is 50.4. The molecule has 7 atom stereocenters. The minimum absolute atomic E-state index is 0.0343. The fourth-order valence-electron chi connectivity index (χ4n) is 6.97. The van der Waals surface area contributed by atoms with Crippen molar-refractivity contribution in [2.45, 2.75) is 58.2 Å². The number of fused-ring (bicyclic) bond motifs is 5. The van der Waals surface area contributed by atoms with Crippen molar-refractivity contribution in [1.29, 1.82) is 0 Å². The highest BCUT2D eigenvalue weighted by molar-refractivity contribution is 6.01. The van der Waals surface area contributed by atoms with Gasteiger partial charge < -0.3 is 10.2 Å². The zero-order chi connectivity index (χ0) is 19.8. The highest BCUT2D eigenvalue weighted by Gasteiger charge is 2.70. The van der Waals surface area contributed by atoms with Crippen molar-refractivity contribution in [3.63, 3.8) is 0 Å². The Balaban J connectivity index is 1.85. The second kappa shape index (κ2) is 5.63. The van der Waals surface area contributed by atoms with Gasteiger partial charge >= 0.3 is 0 Å². The molecule has 0 heterocycles. The van der Waals surface area contributed by atoms with Crippen molar-refractivity contribution in [1.82, 2.24) is 0 Å². The third-order valence-corrected chi connectivity index (χ3v) is 8.13. The van der Waals surface area contributed by atoms with Gasteiger partial charge in [-0.2, -0.15) is 0 Å². The fraction of sp³-hybridized carbons (Fsp3) is 0.636. The van der Waals surface area contributed by atoms with Crippen molar-refractivity contribution in [2.75, 3.05) is 0 Å². The Kier molecular flexibility index (Phi) is 3.88. The van der Waals surface area contributed by atoms with Gasteiger partial charge in [-0.05, 0) is 67.6 Å². The Labute approximate surface area is 158 Å². The number of hydrogen-bond donors (Lipinski definition) is 2. The average molecular weight is 374 g/mol. The third-order valence-electron chi connectivity index (χ3n) is 8.13. The quantitative estimate of drug-likeness (QED) is 0.418. The maximum Gasteiger partial charge on any atom is 0.184 e. The lowest BCUT2D eigenvalue weighted by molar-refractivity contribution is -0.184. The van der Waals surface area contributed by atoms with Crippen LogP contribution in [-0.2, 0) is 9.59 Å². The summed E-state index contributed by atoms with van der Waals surface area (Å²) < 4.78 is 16.8. The van der Waals surface area contributed by atoms with Crippen LogP contribution in [0, 0.1) is 28.6 Å². The van der Waals surface area contributed by atoms with Crippen molar-refractivity contribution < 1.29 is 24.2 Å². The van der Waals surface area contributed by atoms with Crippen LogP contribution in [0.1, 0.15) is 46.5 Å². The Morgan fingerprint density at radius 1 is 1.33 bits per heavy atom. The van der Waals surface area contributed by atoms with E-state index in [1.54, 1.807) is 13.0 Å². The summed E-state index contributed by atoms with van der Waals surface area (Å²) in [5.74, 6) is -0.895. The van der Waals surface area contributed by atoms with Crippen molar-refractivity contribution in [3.05, 3.63) is 35.1 Å². The van der Waals surface area contributed by atoms with E-state index in [0.29, 0.717) is 31.1 Å². The molecule has 27 heavy (non-hydrogen) atoms. The van der Waals surface area contributed by atoms with Gasteiger partial charge in [-0.25, -0.2) is 4.39 Å². The van der Waals surface area contributed by atoms with Crippen molar-refractivity contribution in [2.24, 2.45) is 28.6 Å². The molecule has 0 spiro atoms. The zero-order valence-electron chi connectivity index (χ0n) is 16.0. The van der Waals surface area contributed by atoms with E-state index in [0.717, 1.165) is 5.57 Å². The van der Waals surface area contributed by atoms with E-state index in [2.05, 4.69) is 0 Å². The molecule has 3 saturated carbocycles. The van der Waals surface area contributed by atoms with Crippen LogP contribution in [0.4, 0.5) is 4.39 Å². The summed E-state index contributed by atoms with van der Waals surface area (Å²) in [6, 6.07) is 0. The molecule has 0 saturated heterocycles. The predicted molar refractivity (Wildman–Crippen MR) is 98.6 cm³/mol. The Morgan fingerprint density at radius 2 is 2.04 bits per heavy atom. The van der Waals surface area contributed by atoms with Crippen LogP contribution < -0.4 is 0 Å². The van der Waals surface area contributed by atoms with Crippen LogP contribution in [0.25, 0.3) is 0 Å². The smallest absolute Gasteiger partial charge is 0.184 e. The number of hydrogen-bond acceptors (Lipinski definition) is 4. The molecule has 0 amide bonds. The number of allylic oxidation sites excluding steroid dienone is 6. The average Bonchev–Trinajstić information content (AvgIpc) is 2.86. The van der Waals surface area contributed by atoms with E-state index in [1.807, 2.05) is 13.8 Å². The number of halogens is 1. The standard InChI is InChI=1S/C22H27FO4/c1-12-8-16-15-5-4-13-9-14(25)6-7-21(13,3)22(15,23)18(27)10-20(16,2)19(12)17(26)11-24/h6-7,9,11-12,15-16,18,26-27H,4-5,8,10H2,1-3H3/b19-17-/t12-,15+,16-,18-,20-,21-,22-/m0/s1. The molecule has 146 valence electrons. The van der Waals surface area contributed by atoms with Gasteiger partial charge in [0.2, 0.25) is 0 Å². The molecule has 0 bridgehead atoms. The van der Waals surface area contributed by atoms with Gasteiger partial charge in [0.05, 0.1) is 6.10 Å².